The zero-order chi connectivity index (χ0) is 6.69. The zero-order valence-electron chi connectivity index (χ0n) is 4.89. The summed E-state index contributed by atoms with van der Waals surface area (Å²) in [6.45, 7) is 0.592. The minimum absolute atomic E-state index is 0.331. The van der Waals surface area contributed by atoms with Crippen LogP contribution in [0.4, 0.5) is 4.79 Å². The van der Waals surface area contributed by atoms with Crippen molar-refractivity contribution >= 4 is 29.0 Å². The lowest BCUT2D eigenvalue weighted by Crippen LogP contribution is -2.14. The van der Waals surface area contributed by atoms with E-state index in [1.165, 1.54) is 12.8 Å². The summed E-state index contributed by atoms with van der Waals surface area (Å²) in [7, 11) is 0. The Morgan fingerprint density at radius 2 is 2.44 bits per heavy atom. The van der Waals surface area contributed by atoms with Gasteiger partial charge in [-0.15, -0.1) is 0 Å². The Morgan fingerprint density at radius 3 is 2.89 bits per heavy atom. The standard InChI is InChI=1S/C5H8INO2/c6-7-5(8)9-3-4-1-2-4/h4H,1-3H2,(H,7,8). The molecular formula is C5H8INO2. The summed E-state index contributed by atoms with van der Waals surface area (Å²) >= 11 is 1.76. The number of carbonyl (C=O) groups is 1. The van der Waals surface area contributed by atoms with Crippen LogP contribution in [0, 0.1) is 5.92 Å². The molecule has 0 unspecified atom stereocenters. The average Bonchev–Trinajstić information content (AvgIpc) is 2.65. The molecule has 1 rings (SSSR count). The molecule has 4 heteroatoms. The lowest BCUT2D eigenvalue weighted by Gasteiger charge is -1.98. The van der Waals surface area contributed by atoms with Gasteiger partial charge in [0, 0.05) is 0 Å². The van der Waals surface area contributed by atoms with Crippen LogP contribution >= 0.6 is 22.9 Å². The van der Waals surface area contributed by atoms with Crippen LogP contribution in [0.15, 0.2) is 0 Å². The van der Waals surface area contributed by atoms with E-state index in [4.69, 9.17) is 4.74 Å². The first-order chi connectivity index (χ1) is 4.33. The van der Waals surface area contributed by atoms with Crippen molar-refractivity contribution in [1.82, 2.24) is 3.53 Å². The summed E-state index contributed by atoms with van der Waals surface area (Å²) in [5.74, 6) is 0.652. The molecule has 1 aliphatic rings. The molecule has 1 saturated carbocycles. The van der Waals surface area contributed by atoms with Gasteiger partial charge in [0.25, 0.3) is 0 Å². The molecule has 52 valence electrons. The predicted octanol–water partition coefficient (Wildman–Crippen LogP) is 1.47. The molecule has 0 aromatic rings. The molecule has 0 aromatic heterocycles. The second kappa shape index (κ2) is 3.24. The van der Waals surface area contributed by atoms with E-state index < -0.39 is 0 Å². The monoisotopic (exact) mass is 241 g/mol. The molecule has 3 nitrogen and oxygen atoms in total. The van der Waals surface area contributed by atoms with E-state index in [-0.39, 0.29) is 6.09 Å². The third-order valence-corrected chi connectivity index (χ3v) is 1.66. The Balaban J connectivity index is 1.96. The first kappa shape index (κ1) is 7.11. The number of hydrogen-bond donors (Lipinski definition) is 1. The van der Waals surface area contributed by atoms with Crippen molar-refractivity contribution in [3.05, 3.63) is 0 Å². The van der Waals surface area contributed by atoms with Gasteiger partial charge in [-0.05, 0) is 18.8 Å². The SMILES string of the molecule is O=C(NI)OCC1CC1. The van der Waals surface area contributed by atoms with Gasteiger partial charge in [-0.1, -0.05) is 0 Å². The number of carbonyl (C=O) groups excluding carboxylic acids is 1. The van der Waals surface area contributed by atoms with Crippen LogP contribution in [-0.4, -0.2) is 12.7 Å². The highest BCUT2D eigenvalue weighted by Crippen LogP contribution is 2.28. The minimum Gasteiger partial charge on any atom is -0.449 e. The second-order valence-corrected chi connectivity index (χ2v) is 2.68. The fourth-order valence-corrected chi connectivity index (χ4v) is 0.661. The van der Waals surface area contributed by atoms with E-state index in [0.29, 0.717) is 12.5 Å². The molecule has 0 heterocycles. The van der Waals surface area contributed by atoms with Crippen LogP contribution in [-0.2, 0) is 4.74 Å². The molecule has 9 heavy (non-hydrogen) atoms. The second-order valence-electron chi connectivity index (χ2n) is 2.14. The van der Waals surface area contributed by atoms with E-state index in [1.807, 2.05) is 0 Å². The fraction of sp³-hybridized carbons (Fsp3) is 0.800. The Hall–Kier alpha value is -0.0000000000000000555. The van der Waals surface area contributed by atoms with E-state index in [9.17, 15) is 4.79 Å². The molecule has 1 amide bonds. The van der Waals surface area contributed by atoms with E-state index in [2.05, 4.69) is 3.53 Å². The number of rotatable bonds is 2. The number of ether oxygens (including phenoxy) is 1. The third kappa shape index (κ3) is 2.88. The lowest BCUT2D eigenvalue weighted by atomic mass is 10.5. The van der Waals surface area contributed by atoms with Crippen LogP contribution < -0.4 is 3.53 Å². The Morgan fingerprint density at radius 1 is 1.78 bits per heavy atom. The number of amides is 1. The molecule has 0 aromatic carbocycles. The highest BCUT2D eigenvalue weighted by Gasteiger charge is 2.22. The first-order valence-electron chi connectivity index (χ1n) is 2.86. The summed E-state index contributed by atoms with van der Waals surface area (Å²) in [4.78, 5) is 10.4. The summed E-state index contributed by atoms with van der Waals surface area (Å²) in [6, 6.07) is 0. The van der Waals surface area contributed by atoms with Crippen LogP contribution in [0.2, 0.25) is 0 Å². The predicted molar refractivity (Wildman–Crippen MR) is 41.2 cm³/mol. The Labute approximate surface area is 67.6 Å². The van der Waals surface area contributed by atoms with Crippen LogP contribution in [0.3, 0.4) is 0 Å². The number of nitrogens with one attached hydrogen (secondary N) is 1. The maximum absolute atomic E-state index is 10.4. The normalized spacial score (nSPS) is 17.0. The molecule has 0 aliphatic heterocycles. The van der Waals surface area contributed by atoms with Crippen molar-refractivity contribution in [3.63, 3.8) is 0 Å². The average molecular weight is 241 g/mol. The Kier molecular flexibility index (Phi) is 2.56. The molecule has 0 bridgehead atoms. The summed E-state index contributed by atoms with van der Waals surface area (Å²) in [5, 5.41) is 0. The molecule has 0 radical (unpaired) electrons. The van der Waals surface area contributed by atoms with E-state index in [1.54, 1.807) is 22.9 Å². The van der Waals surface area contributed by atoms with Crippen molar-refractivity contribution in [2.75, 3.05) is 6.61 Å². The van der Waals surface area contributed by atoms with Crippen LogP contribution in [0.25, 0.3) is 0 Å². The van der Waals surface area contributed by atoms with Crippen molar-refractivity contribution in [1.29, 1.82) is 0 Å². The number of hydrogen-bond acceptors (Lipinski definition) is 2. The van der Waals surface area contributed by atoms with Crippen molar-refractivity contribution in [2.45, 2.75) is 12.8 Å². The van der Waals surface area contributed by atoms with Crippen molar-refractivity contribution in [3.8, 4) is 0 Å². The summed E-state index contributed by atoms with van der Waals surface area (Å²) in [6.07, 6.45) is 2.10. The van der Waals surface area contributed by atoms with Crippen molar-refractivity contribution < 1.29 is 9.53 Å². The Bertz CT molecular complexity index is 114. The molecule has 0 spiro atoms. The summed E-state index contributed by atoms with van der Waals surface area (Å²) in [5.41, 5.74) is 0. The highest BCUT2D eigenvalue weighted by atomic mass is 127. The van der Waals surface area contributed by atoms with Gasteiger partial charge >= 0.3 is 6.09 Å². The van der Waals surface area contributed by atoms with Gasteiger partial charge in [0.05, 0.1) is 29.5 Å². The first-order valence-corrected chi connectivity index (χ1v) is 3.94. The smallest absolute Gasteiger partial charge is 0.415 e. The summed E-state index contributed by atoms with van der Waals surface area (Å²) < 4.78 is 7.11. The topological polar surface area (TPSA) is 38.3 Å². The lowest BCUT2D eigenvalue weighted by molar-refractivity contribution is 0.149. The third-order valence-electron chi connectivity index (χ3n) is 1.22. The molecule has 1 fully saturated rings. The van der Waals surface area contributed by atoms with Gasteiger partial charge in [-0.25, -0.2) is 4.79 Å². The van der Waals surface area contributed by atoms with Gasteiger partial charge in [-0.2, -0.15) is 0 Å². The van der Waals surface area contributed by atoms with Gasteiger partial charge in [-0.3, -0.25) is 3.53 Å². The zero-order valence-corrected chi connectivity index (χ0v) is 7.05. The molecule has 0 saturated heterocycles. The highest BCUT2D eigenvalue weighted by molar-refractivity contribution is 14.1. The molecular weight excluding hydrogens is 233 g/mol. The molecule has 1 aliphatic carbocycles. The minimum atomic E-state index is -0.331. The van der Waals surface area contributed by atoms with Crippen LogP contribution in [0.5, 0.6) is 0 Å². The maximum Gasteiger partial charge on any atom is 0.415 e. The van der Waals surface area contributed by atoms with Crippen LogP contribution in [0.1, 0.15) is 12.8 Å². The number of halogens is 1. The largest absolute Gasteiger partial charge is 0.449 e. The fourth-order valence-electron chi connectivity index (χ4n) is 0.505. The molecule has 1 N–H and O–H groups in total. The van der Waals surface area contributed by atoms with E-state index in [0.717, 1.165) is 0 Å². The quantitative estimate of drug-likeness (QED) is 0.587. The molecule has 0 atom stereocenters. The van der Waals surface area contributed by atoms with Gasteiger partial charge in [0.15, 0.2) is 0 Å². The van der Waals surface area contributed by atoms with Gasteiger partial charge in [0.2, 0.25) is 0 Å². The van der Waals surface area contributed by atoms with Gasteiger partial charge in [0.1, 0.15) is 0 Å². The van der Waals surface area contributed by atoms with Gasteiger partial charge < -0.3 is 4.74 Å². The van der Waals surface area contributed by atoms with E-state index >= 15 is 0 Å². The van der Waals surface area contributed by atoms with Crippen molar-refractivity contribution in [2.24, 2.45) is 5.92 Å². The maximum atomic E-state index is 10.4.